The molecule has 1 heterocycles. The minimum Gasteiger partial charge on any atom is -0.345 e. The first kappa shape index (κ1) is 23.0. The van der Waals surface area contributed by atoms with E-state index in [-0.39, 0.29) is 24.1 Å². The van der Waals surface area contributed by atoms with Gasteiger partial charge in [0.2, 0.25) is 5.91 Å². The quantitative estimate of drug-likeness (QED) is 0.448. The Morgan fingerprint density at radius 1 is 1.10 bits per heavy atom. The average molecular weight is 502 g/mol. The van der Waals surface area contributed by atoms with Crippen LogP contribution in [0.1, 0.15) is 34.2 Å². The van der Waals surface area contributed by atoms with E-state index >= 15 is 0 Å². The zero-order valence-corrected chi connectivity index (χ0v) is 20.0. The highest BCUT2D eigenvalue weighted by Gasteiger charge is 2.15. The topological polar surface area (TPSA) is 88.9 Å². The molecule has 162 valence electrons. The molecule has 2 aromatic carbocycles. The monoisotopic (exact) mass is 501 g/mol. The fourth-order valence-electron chi connectivity index (χ4n) is 2.92. The maximum absolute atomic E-state index is 12.4. The highest BCUT2D eigenvalue weighted by Crippen LogP contribution is 2.21. The Hall–Kier alpha value is -2.65. The van der Waals surface area contributed by atoms with Gasteiger partial charge in [0.25, 0.3) is 5.91 Å². The molecule has 2 amide bonds. The lowest BCUT2D eigenvalue weighted by Gasteiger charge is -2.10. The summed E-state index contributed by atoms with van der Waals surface area (Å²) >= 11 is 4.73. The first-order chi connectivity index (χ1) is 14.9. The van der Waals surface area contributed by atoms with Crippen LogP contribution < -0.4 is 10.6 Å². The lowest BCUT2D eigenvalue weighted by molar-refractivity contribution is -0.113. The number of nitrogens with zero attached hydrogens (tertiary/aromatic N) is 3. The summed E-state index contributed by atoms with van der Waals surface area (Å²) in [5.41, 5.74) is 3.47. The second-order valence-corrected chi connectivity index (χ2v) is 8.85. The van der Waals surface area contributed by atoms with Crippen LogP contribution in [0.5, 0.6) is 0 Å². The van der Waals surface area contributed by atoms with Crippen LogP contribution in [-0.4, -0.2) is 32.3 Å². The van der Waals surface area contributed by atoms with E-state index in [2.05, 4.69) is 36.8 Å². The van der Waals surface area contributed by atoms with Crippen LogP contribution in [0.25, 0.3) is 0 Å². The maximum Gasteiger partial charge on any atom is 0.251 e. The maximum atomic E-state index is 12.4. The van der Waals surface area contributed by atoms with Gasteiger partial charge in [-0.25, -0.2) is 0 Å². The van der Waals surface area contributed by atoms with Gasteiger partial charge in [0.1, 0.15) is 0 Å². The second kappa shape index (κ2) is 10.6. The molecule has 7 nitrogen and oxygen atoms in total. The Morgan fingerprint density at radius 3 is 2.52 bits per heavy atom. The largest absolute Gasteiger partial charge is 0.345 e. The van der Waals surface area contributed by atoms with Crippen LogP contribution in [0.15, 0.2) is 52.1 Å². The Bertz CT molecular complexity index is 1080. The highest BCUT2D eigenvalue weighted by molar-refractivity contribution is 9.10. The van der Waals surface area contributed by atoms with Gasteiger partial charge in [-0.1, -0.05) is 45.4 Å². The standard InChI is InChI=1S/C22H24BrN5O2S/c1-4-28-19(12-24-21(30)16-7-5-14(2)6-8-16)26-27-22(28)31-13-20(29)25-18-10-9-17(23)11-15(18)3/h5-11H,4,12-13H2,1-3H3,(H,24,30)(H,25,29). The number of hydrogen-bond donors (Lipinski definition) is 2. The zero-order valence-electron chi connectivity index (χ0n) is 17.6. The van der Waals surface area contributed by atoms with E-state index in [4.69, 9.17) is 0 Å². The number of thioether (sulfide) groups is 1. The van der Waals surface area contributed by atoms with Gasteiger partial charge in [-0.05, 0) is 56.7 Å². The van der Waals surface area contributed by atoms with Crippen LogP contribution in [-0.2, 0) is 17.9 Å². The van der Waals surface area contributed by atoms with Gasteiger partial charge in [-0.2, -0.15) is 0 Å². The minimum absolute atomic E-state index is 0.115. The summed E-state index contributed by atoms with van der Waals surface area (Å²) < 4.78 is 2.87. The minimum atomic E-state index is -0.163. The van der Waals surface area contributed by atoms with Crippen LogP contribution in [0.2, 0.25) is 0 Å². The number of aryl methyl sites for hydroxylation is 2. The lowest BCUT2D eigenvalue weighted by atomic mass is 10.1. The molecule has 0 bridgehead atoms. The van der Waals surface area contributed by atoms with Crippen molar-refractivity contribution >= 4 is 45.2 Å². The van der Waals surface area contributed by atoms with Crippen molar-refractivity contribution < 1.29 is 9.59 Å². The molecule has 9 heteroatoms. The highest BCUT2D eigenvalue weighted by atomic mass is 79.9. The Labute approximate surface area is 194 Å². The van der Waals surface area contributed by atoms with Crippen molar-refractivity contribution in [2.75, 3.05) is 11.1 Å². The van der Waals surface area contributed by atoms with E-state index in [1.165, 1.54) is 11.8 Å². The molecular weight excluding hydrogens is 478 g/mol. The molecule has 31 heavy (non-hydrogen) atoms. The molecule has 0 aliphatic carbocycles. The Balaban J connectivity index is 1.57. The van der Waals surface area contributed by atoms with Crippen molar-refractivity contribution in [1.82, 2.24) is 20.1 Å². The molecule has 2 N–H and O–H groups in total. The number of rotatable bonds is 8. The summed E-state index contributed by atoms with van der Waals surface area (Å²) in [6.07, 6.45) is 0. The summed E-state index contributed by atoms with van der Waals surface area (Å²) in [6, 6.07) is 13.1. The van der Waals surface area contributed by atoms with Gasteiger partial charge in [0, 0.05) is 22.3 Å². The van der Waals surface area contributed by atoms with Crippen molar-refractivity contribution in [1.29, 1.82) is 0 Å². The van der Waals surface area contributed by atoms with Gasteiger partial charge in [0.15, 0.2) is 11.0 Å². The van der Waals surface area contributed by atoms with Gasteiger partial charge < -0.3 is 15.2 Å². The molecule has 0 unspecified atom stereocenters. The summed E-state index contributed by atoms with van der Waals surface area (Å²) in [5.74, 6) is 0.581. The molecule has 1 aromatic heterocycles. The van der Waals surface area contributed by atoms with Gasteiger partial charge in [0.05, 0.1) is 12.3 Å². The molecule has 0 radical (unpaired) electrons. The number of halogens is 1. The van der Waals surface area contributed by atoms with Crippen LogP contribution in [0.4, 0.5) is 5.69 Å². The van der Waals surface area contributed by atoms with E-state index in [0.717, 1.165) is 21.3 Å². The van der Waals surface area contributed by atoms with Crippen molar-refractivity contribution in [2.45, 2.75) is 39.0 Å². The van der Waals surface area contributed by atoms with Crippen molar-refractivity contribution in [2.24, 2.45) is 0 Å². The molecule has 0 atom stereocenters. The summed E-state index contributed by atoms with van der Waals surface area (Å²) in [6.45, 7) is 6.80. The SMILES string of the molecule is CCn1c(CNC(=O)c2ccc(C)cc2)nnc1SCC(=O)Nc1ccc(Br)cc1C. The van der Waals surface area contributed by atoms with Crippen molar-refractivity contribution in [3.8, 4) is 0 Å². The Morgan fingerprint density at radius 2 is 1.84 bits per heavy atom. The van der Waals surface area contributed by atoms with Gasteiger partial charge in [-0.15, -0.1) is 10.2 Å². The Kier molecular flexibility index (Phi) is 7.86. The third-order valence-electron chi connectivity index (χ3n) is 4.63. The molecule has 0 saturated carbocycles. The van der Waals surface area contributed by atoms with Crippen LogP contribution in [0, 0.1) is 13.8 Å². The van der Waals surface area contributed by atoms with Crippen molar-refractivity contribution in [3.05, 3.63) is 69.5 Å². The zero-order chi connectivity index (χ0) is 22.4. The fourth-order valence-corrected chi connectivity index (χ4v) is 4.22. The van der Waals surface area contributed by atoms with E-state index in [1.807, 2.05) is 55.7 Å². The molecule has 3 aromatic rings. The van der Waals surface area contributed by atoms with Crippen LogP contribution >= 0.6 is 27.7 Å². The number of aromatic nitrogens is 3. The smallest absolute Gasteiger partial charge is 0.251 e. The number of carbonyl (C=O) groups excluding carboxylic acids is 2. The third kappa shape index (κ3) is 6.18. The summed E-state index contributed by atoms with van der Waals surface area (Å²) in [4.78, 5) is 24.7. The molecule has 3 rings (SSSR count). The predicted molar refractivity (Wildman–Crippen MR) is 126 cm³/mol. The molecular formula is C22H24BrN5O2S. The normalized spacial score (nSPS) is 10.7. The molecule has 0 saturated heterocycles. The van der Waals surface area contributed by atoms with E-state index in [1.54, 1.807) is 12.1 Å². The van der Waals surface area contributed by atoms with E-state index in [0.29, 0.717) is 23.1 Å². The molecule has 0 spiro atoms. The fraction of sp³-hybridized carbons (Fsp3) is 0.273. The molecule has 0 aliphatic heterocycles. The number of amides is 2. The van der Waals surface area contributed by atoms with E-state index < -0.39 is 0 Å². The van der Waals surface area contributed by atoms with Crippen LogP contribution in [0.3, 0.4) is 0 Å². The first-order valence-electron chi connectivity index (χ1n) is 9.83. The predicted octanol–water partition coefficient (Wildman–Crippen LogP) is 4.34. The third-order valence-corrected chi connectivity index (χ3v) is 6.09. The van der Waals surface area contributed by atoms with E-state index in [9.17, 15) is 9.59 Å². The average Bonchev–Trinajstić information content (AvgIpc) is 3.15. The molecule has 0 aliphatic rings. The first-order valence-corrected chi connectivity index (χ1v) is 11.6. The number of benzene rings is 2. The number of nitrogens with one attached hydrogen (secondary N) is 2. The number of carbonyl (C=O) groups is 2. The lowest BCUT2D eigenvalue weighted by Crippen LogP contribution is -2.24. The summed E-state index contributed by atoms with van der Waals surface area (Å²) in [5, 5.41) is 14.8. The van der Waals surface area contributed by atoms with Crippen molar-refractivity contribution in [3.63, 3.8) is 0 Å². The summed E-state index contributed by atoms with van der Waals surface area (Å²) in [7, 11) is 0. The number of hydrogen-bond acceptors (Lipinski definition) is 5. The van der Waals surface area contributed by atoms with Gasteiger partial charge >= 0.3 is 0 Å². The molecule has 0 fully saturated rings. The van der Waals surface area contributed by atoms with Gasteiger partial charge in [-0.3, -0.25) is 9.59 Å². The second-order valence-electron chi connectivity index (χ2n) is 6.99. The number of anilines is 1.